The van der Waals surface area contributed by atoms with E-state index in [9.17, 15) is 13.2 Å². The lowest BCUT2D eigenvalue weighted by Crippen LogP contribution is -2.46. The van der Waals surface area contributed by atoms with Crippen molar-refractivity contribution in [1.29, 1.82) is 0 Å². The highest BCUT2D eigenvalue weighted by Gasteiger charge is 2.39. The molecule has 0 saturated heterocycles. The van der Waals surface area contributed by atoms with Crippen LogP contribution < -0.4 is 10.0 Å². The molecule has 0 spiro atoms. The van der Waals surface area contributed by atoms with Crippen molar-refractivity contribution < 1.29 is 13.2 Å². The minimum atomic E-state index is -3.47. The molecular weight excluding hydrogens is 240 g/mol. The van der Waals surface area contributed by atoms with Crippen LogP contribution in [0.1, 0.15) is 12.5 Å². The highest BCUT2D eigenvalue weighted by atomic mass is 32.2. The average Bonchev–Trinajstić information content (AvgIpc) is 2.69. The van der Waals surface area contributed by atoms with Gasteiger partial charge < -0.3 is 5.73 Å². The molecule has 92 valence electrons. The molecule has 0 aromatic heterocycles. The summed E-state index contributed by atoms with van der Waals surface area (Å²) in [6.07, 6.45) is 0.352. The second-order valence-corrected chi connectivity index (χ2v) is 6.08. The monoisotopic (exact) mass is 254 g/mol. The van der Waals surface area contributed by atoms with Gasteiger partial charge in [-0.15, -0.1) is 0 Å². The molecule has 0 bridgehead atoms. The van der Waals surface area contributed by atoms with Crippen molar-refractivity contribution >= 4 is 21.6 Å². The van der Waals surface area contributed by atoms with Crippen LogP contribution >= 0.6 is 0 Å². The van der Waals surface area contributed by atoms with Crippen molar-refractivity contribution in [3.8, 4) is 0 Å². The lowest BCUT2D eigenvalue weighted by atomic mass is 10.1. The normalized spacial score (nSPS) is 19.1. The van der Waals surface area contributed by atoms with E-state index in [0.717, 1.165) is 9.87 Å². The van der Waals surface area contributed by atoms with Crippen molar-refractivity contribution in [2.24, 2.45) is 5.73 Å². The van der Waals surface area contributed by atoms with Crippen LogP contribution in [0.4, 0.5) is 5.69 Å². The minimum absolute atomic E-state index is 0.0505. The molecule has 1 amide bonds. The second-order valence-electron chi connectivity index (χ2n) is 3.95. The predicted octanol–water partition coefficient (Wildman–Crippen LogP) is 0.253. The number of carbonyl (C=O) groups is 1. The van der Waals surface area contributed by atoms with Crippen LogP contribution in [0, 0.1) is 0 Å². The van der Waals surface area contributed by atoms with Gasteiger partial charge in [0.25, 0.3) is 0 Å². The molecule has 1 heterocycles. The molecular formula is C11H14N2O3S. The fraction of sp³-hybridized carbons (Fsp3) is 0.364. The highest BCUT2D eigenvalue weighted by Crippen LogP contribution is 2.34. The Morgan fingerprint density at radius 3 is 2.71 bits per heavy atom. The van der Waals surface area contributed by atoms with Gasteiger partial charge in [0, 0.05) is 6.42 Å². The zero-order valence-corrected chi connectivity index (χ0v) is 10.3. The Balaban J connectivity index is 2.56. The van der Waals surface area contributed by atoms with Crippen LogP contribution in [0.15, 0.2) is 24.3 Å². The first-order chi connectivity index (χ1) is 7.97. The van der Waals surface area contributed by atoms with E-state index in [-0.39, 0.29) is 5.75 Å². The van der Waals surface area contributed by atoms with E-state index in [1.165, 1.54) is 0 Å². The van der Waals surface area contributed by atoms with Gasteiger partial charge in [-0.2, -0.15) is 0 Å². The molecule has 1 aliphatic heterocycles. The summed E-state index contributed by atoms with van der Waals surface area (Å²) >= 11 is 0. The Morgan fingerprint density at radius 2 is 2.12 bits per heavy atom. The SMILES string of the molecule is CCS(=O)(=O)N1c2ccccc2CC1C(N)=O. The van der Waals surface area contributed by atoms with Crippen LogP contribution in [0.5, 0.6) is 0 Å². The number of anilines is 1. The number of hydrogen-bond acceptors (Lipinski definition) is 3. The van der Waals surface area contributed by atoms with E-state index in [0.29, 0.717) is 12.1 Å². The zero-order chi connectivity index (χ0) is 12.6. The first-order valence-corrected chi connectivity index (χ1v) is 6.97. The molecule has 2 rings (SSSR count). The summed E-state index contributed by atoms with van der Waals surface area (Å²) in [5, 5.41) is 0. The summed E-state index contributed by atoms with van der Waals surface area (Å²) in [4.78, 5) is 11.4. The van der Waals surface area contributed by atoms with E-state index in [1.54, 1.807) is 19.1 Å². The maximum absolute atomic E-state index is 12.0. The molecule has 1 unspecified atom stereocenters. The number of carbonyl (C=O) groups excluding carboxylic acids is 1. The molecule has 6 heteroatoms. The number of primary amides is 1. The maximum Gasteiger partial charge on any atom is 0.241 e. The van der Waals surface area contributed by atoms with E-state index in [2.05, 4.69) is 0 Å². The zero-order valence-electron chi connectivity index (χ0n) is 9.46. The first kappa shape index (κ1) is 11.9. The van der Waals surface area contributed by atoms with Gasteiger partial charge in [-0.1, -0.05) is 18.2 Å². The van der Waals surface area contributed by atoms with Gasteiger partial charge in [0.15, 0.2) is 0 Å². The van der Waals surface area contributed by atoms with E-state index in [1.807, 2.05) is 12.1 Å². The van der Waals surface area contributed by atoms with E-state index >= 15 is 0 Å². The number of benzene rings is 1. The number of fused-ring (bicyclic) bond motifs is 1. The molecule has 1 aromatic carbocycles. The number of sulfonamides is 1. The summed E-state index contributed by atoms with van der Waals surface area (Å²) < 4.78 is 25.2. The third-order valence-corrected chi connectivity index (χ3v) is 4.70. The molecule has 5 nitrogen and oxygen atoms in total. The number of amides is 1. The summed E-state index contributed by atoms with van der Waals surface area (Å²) in [5.74, 6) is -0.663. The van der Waals surface area contributed by atoms with Crippen LogP contribution in [0.3, 0.4) is 0 Å². The van der Waals surface area contributed by atoms with Gasteiger partial charge >= 0.3 is 0 Å². The number of nitrogens with zero attached hydrogens (tertiary/aromatic N) is 1. The van der Waals surface area contributed by atoms with Gasteiger partial charge in [-0.25, -0.2) is 8.42 Å². The van der Waals surface area contributed by atoms with Gasteiger partial charge in [-0.3, -0.25) is 9.10 Å². The van der Waals surface area contributed by atoms with Crippen molar-refractivity contribution in [2.45, 2.75) is 19.4 Å². The van der Waals surface area contributed by atoms with E-state index in [4.69, 9.17) is 5.73 Å². The van der Waals surface area contributed by atoms with Gasteiger partial charge in [0.05, 0.1) is 11.4 Å². The molecule has 0 fully saturated rings. The number of nitrogens with two attached hydrogens (primary N) is 1. The molecule has 1 aliphatic rings. The average molecular weight is 254 g/mol. The topological polar surface area (TPSA) is 80.5 Å². The molecule has 2 N–H and O–H groups in total. The Kier molecular flexibility index (Phi) is 2.82. The Labute approximate surface area is 100 Å². The number of para-hydroxylation sites is 1. The summed E-state index contributed by atoms with van der Waals surface area (Å²) in [5.41, 5.74) is 6.68. The van der Waals surface area contributed by atoms with Crippen LogP contribution in [-0.2, 0) is 21.2 Å². The summed E-state index contributed by atoms with van der Waals surface area (Å²) in [6, 6.07) is 6.29. The Bertz CT molecular complexity index is 554. The minimum Gasteiger partial charge on any atom is -0.368 e. The molecule has 0 saturated carbocycles. The van der Waals surface area contributed by atoms with Crippen molar-refractivity contribution in [1.82, 2.24) is 0 Å². The Hall–Kier alpha value is -1.56. The third kappa shape index (κ3) is 1.88. The number of rotatable bonds is 3. The summed E-state index contributed by atoms with van der Waals surface area (Å²) in [7, 11) is -3.47. The molecule has 17 heavy (non-hydrogen) atoms. The first-order valence-electron chi connectivity index (χ1n) is 5.36. The fourth-order valence-corrected chi connectivity index (χ4v) is 3.38. The number of hydrogen-bond donors (Lipinski definition) is 1. The van der Waals surface area contributed by atoms with E-state index < -0.39 is 22.0 Å². The van der Waals surface area contributed by atoms with Crippen LogP contribution in [0.25, 0.3) is 0 Å². The third-order valence-electron chi connectivity index (χ3n) is 2.92. The summed E-state index contributed by atoms with van der Waals surface area (Å²) in [6.45, 7) is 1.55. The lowest BCUT2D eigenvalue weighted by molar-refractivity contribution is -0.118. The smallest absolute Gasteiger partial charge is 0.241 e. The predicted molar refractivity (Wildman–Crippen MR) is 65.1 cm³/mol. The van der Waals surface area contributed by atoms with Crippen molar-refractivity contribution in [3.63, 3.8) is 0 Å². The van der Waals surface area contributed by atoms with Crippen molar-refractivity contribution in [2.75, 3.05) is 10.1 Å². The molecule has 1 atom stereocenters. The van der Waals surface area contributed by atoms with Crippen molar-refractivity contribution in [3.05, 3.63) is 29.8 Å². The second kappa shape index (κ2) is 4.03. The van der Waals surface area contributed by atoms with Crippen LogP contribution in [-0.4, -0.2) is 26.1 Å². The van der Waals surface area contributed by atoms with Gasteiger partial charge in [0.2, 0.25) is 15.9 Å². The largest absolute Gasteiger partial charge is 0.368 e. The van der Waals surface area contributed by atoms with Gasteiger partial charge in [0.1, 0.15) is 6.04 Å². The maximum atomic E-state index is 12.0. The quantitative estimate of drug-likeness (QED) is 0.839. The van der Waals surface area contributed by atoms with Crippen LogP contribution in [0.2, 0.25) is 0 Å². The molecule has 0 radical (unpaired) electrons. The Morgan fingerprint density at radius 1 is 1.47 bits per heavy atom. The highest BCUT2D eigenvalue weighted by molar-refractivity contribution is 7.92. The lowest BCUT2D eigenvalue weighted by Gasteiger charge is -2.24. The standard InChI is InChI=1S/C11H14N2O3S/c1-2-17(15,16)13-9-6-4-3-5-8(9)7-10(13)11(12)14/h3-6,10H,2,7H2,1H3,(H2,12,14). The molecule has 1 aromatic rings. The van der Waals surface area contributed by atoms with Gasteiger partial charge in [-0.05, 0) is 18.6 Å². The fourth-order valence-electron chi connectivity index (χ4n) is 2.06. The molecule has 0 aliphatic carbocycles.